The zero-order valence-electron chi connectivity index (χ0n) is 34.8. The number of hydrogen-bond acceptors (Lipinski definition) is 4. The van der Waals surface area contributed by atoms with Gasteiger partial charge < -0.3 is 19.6 Å². The lowest BCUT2D eigenvalue weighted by atomic mass is 9.69. The van der Waals surface area contributed by atoms with Crippen molar-refractivity contribution in [3.8, 4) is 11.1 Å². The first-order valence-electron chi connectivity index (χ1n) is 19.1. The lowest BCUT2D eigenvalue weighted by molar-refractivity contribution is -0.139. The maximum Gasteiger partial charge on any atom is 0.408 e. The highest BCUT2D eigenvalue weighted by atomic mass is 28.4. The van der Waals surface area contributed by atoms with Crippen LogP contribution in [0.5, 0.6) is 0 Å². The van der Waals surface area contributed by atoms with E-state index in [-0.39, 0.29) is 22.0 Å². The third-order valence-corrected chi connectivity index (χ3v) is 15.7. The second-order valence-electron chi connectivity index (χ2n) is 18.3. The number of ether oxygens (including phenoxy) is 1. The Balaban J connectivity index is 1.87. The Morgan fingerprint density at radius 2 is 1.33 bits per heavy atom. The number of aryl methyl sites for hydroxylation is 3. The quantitative estimate of drug-likeness (QED) is 0.171. The number of nitrogens with one attached hydrogen (secondary N) is 1. The van der Waals surface area contributed by atoms with Gasteiger partial charge >= 0.3 is 12.1 Å². The molecule has 2 N–H and O–H groups in total. The average Bonchev–Trinajstić information content (AvgIpc) is 3.01. The summed E-state index contributed by atoms with van der Waals surface area (Å²) in [6, 6.07) is 20.0. The van der Waals surface area contributed by atoms with Gasteiger partial charge in [0.2, 0.25) is 0 Å². The fourth-order valence-corrected chi connectivity index (χ4v) is 8.38. The van der Waals surface area contributed by atoms with Crippen LogP contribution in [0.25, 0.3) is 11.1 Å². The highest BCUT2D eigenvalue weighted by Crippen LogP contribution is 2.43. The molecule has 0 heterocycles. The van der Waals surface area contributed by atoms with Gasteiger partial charge in [-0.2, -0.15) is 0 Å². The van der Waals surface area contributed by atoms with Crippen LogP contribution < -0.4 is 5.32 Å². The summed E-state index contributed by atoms with van der Waals surface area (Å²) in [5, 5.41) is 12.5. The Kier molecular flexibility index (Phi) is 13.5. The van der Waals surface area contributed by atoms with Crippen molar-refractivity contribution in [1.29, 1.82) is 0 Å². The van der Waals surface area contributed by atoms with Crippen LogP contribution in [0.2, 0.25) is 18.1 Å². The number of carboxylic acid groups (broad SMARTS) is 1. The van der Waals surface area contributed by atoms with Gasteiger partial charge in [-0.3, -0.25) is 0 Å². The maximum atomic E-state index is 12.3. The molecule has 0 spiro atoms. The van der Waals surface area contributed by atoms with Crippen molar-refractivity contribution in [3.05, 3.63) is 94.0 Å². The third-order valence-electron chi connectivity index (χ3n) is 11.2. The summed E-state index contributed by atoms with van der Waals surface area (Å²) in [5.41, 5.74) is 8.27. The van der Waals surface area contributed by atoms with Gasteiger partial charge in [0.25, 0.3) is 0 Å². The SMILES string of the molecule is CCC(CC)(c1ccc(CCC(O[Si](C)(C)C(C)(C)C)C(C)(C)C)c(C)c1)c1ccc(-c2ccc([C@@H](NC(=O)OC(C)(C)C)C(=O)O)cc2)c(C)c1. The predicted molar refractivity (Wildman–Crippen MR) is 219 cm³/mol. The van der Waals surface area contributed by atoms with E-state index in [0.717, 1.165) is 42.4 Å². The van der Waals surface area contributed by atoms with E-state index in [1.807, 2.05) is 12.1 Å². The Morgan fingerprint density at radius 3 is 1.77 bits per heavy atom. The van der Waals surface area contributed by atoms with E-state index in [0.29, 0.717) is 5.56 Å². The number of aliphatic carboxylic acids is 1. The first-order chi connectivity index (χ1) is 23.8. The van der Waals surface area contributed by atoms with Gasteiger partial charge in [0.05, 0.1) is 6.10 Å². The van der Waals surface area contributed by atoms with Gasteiger partial charge in [0, 0.05) is 5.41 Å². The normalized spacial score (nSPS) is 14.1. The van der Waals surface area contributed by atoms with Crippen LogP contribution in [-0.2, 0) is 25.8 Å². The van der Waals surface area contributed by atoms with Crippen molar-refractivity contribution >= 4 is 20.4 Å². The monoisotopic (exact) mass is 729 g/mol. The standard InChI is InChI=1S/C45H67NO5Si/c1-16-45(17-2,35-24-22-32(30(3)28-35)23-27-38(42(5,6)7)51-52(14,15)44(11,12)13)36-25-26-37(31(4)29-36)33-18-20-34(21-19-33)39(40(47)48)46-41(49)50-43(8,9)10/h18-22,24-26,28-29,38-39H,16-17,23,27H2,1-15H3,(H,46,49)(H,47,48)/t38?,39-/m1/s1. The first kappa shape index (κ1) is 43.0. The fraction of sp³-hybridized carbons (Fsp3) is 0.556. The zero-order valence-corrected chi connectivity index (χ0v) is 35.8. The Labute approximate surface area is 316 Å². The van der Waals surface area contributed by atoms with E-state index in [1.54, 1.807) is 32.9 Å². The molecule has 0 aliphatic carbocycles. The average molecular weight is 730 g/mol. The lowest BCUT2D eigenvalue weighted by Gasteiger charge is -2.43. The van der Waals surface area contributed by atoms with Gasteiger partial charge in [-0.15, -0.1) is 0 Å². The van der Waals surface area contributed by atoms with Crippen LogP contribution in [0.1, 0.15) is 135 Å². The number of carboxylic acids is 1. The molecule has 0 aromatic heterocycles. The van der Waals surface area contributed by atoms with Gasteiger partial charge in [0.1, 0.15) is 5.60 Å². The Morgan fingerprint density at radius 1 is 0.788 bits per heavy atom. The summed E-state index contributed by atoms with van der Waals surface area (Å²) in [5.74, 6) is -1.15. The van der Waals surface area contributed by atoms with E-state index in [4.69, 9.17) is 9.16 Å². The van der Waals surface area contributed by atoms with Crippen LogP contribution >= 0.6 is 0 Å². The molecule has 3 aromatic rings. The highest BCUT2D eigenvalue weighted by Gasteiger charge is 2.41. The molecule has 2 atom stereocenters. The molecule has 0 radical (unpaired) electrons. The molecule has 0 aliphatic heterocycles. The molecule has 3 rings (SSSR count). The van der Waals surface area contributed by atoms with Crippen LogP contribution in [0, 0.1) is 19.3 Å². The second-order valence-corrected chi connectivity index (χ2v) is 23.0. The molecule has 6 nitrogen and oxygen atoms in total. The van der Waals surface area contributed by atoms with E-state index in [2.05, 4.69) is 124 Å². The van der Waals surface area contributed by atoms with Crippen LogP contribution in [0.15, 0.2) is 60.7 Å². The molecule has 0 fully saturated rings. The number of carbonyl (C=O) groups excluding carboxylic acids is 1. The van der Waals surface area contributed by atoms with Crippen molar-refractivity contribution in [3.63, 3.8) is 0 Å². The van der Waals surface area contributed by atoms with E-state index in [1.165, 1.54) is 22.3 Å². The minimum Gasteiger partial charge on any atom is -0.479 e. The molecule has 0 aliphatic rings. The smallest absolute Gasteiger partial charge is 0.408 e. The fourth-order valence-electron chi connectivity index (χ4n) is 6.85. The van der Waals surface area contributed by atoms with Crippen molar-refractivity contribution < 1.29 is 23.9 Å². The van der Waals surface area contributed by atoms with Gasteiger partial charge in [0.15, 0.2) is 14.4 Å². The number of amides is 1. The number of hydrogen-bond donors (Lipinski definition) is 2. The molecule has 286 valence electrons. The second kappa shape index (κ2) is 16.3. The summed E-state index contributed by atoms with van der Waals surface area (Å²) < 4.78 is 12.3. The van der Waals surface area contributed by atoms with Gasteiger partial charge in [-0.05, 0) is 128 Å². The van der Waals surface area contributed by atoms with E-state index < -0.39 is 32.0 Å². The summed E-state index contributed by atoms with van der Waals surface area (Å²) >= 11 is 0. The molecule has 52 heavy (non-hydrogen) atoms. The lowest BCUT2D eigenvalue weighted by Crippen LogP contribution is -2.47. The molecule has 0 bridgehead atoms. The zero-order chi connectivity index (χ0) is 39.4. The van der Waals surface area contributed by atoms with E-state index in [9.17, 15) is 14.7 Å². The molecule has 1 amide bonds. The molecule has 7 heteroatoms. The molecule has 0 saturated carbocycles. The molecular weight excluding hydrogens is 663 g/mol. The molecule has 3 aromatic carbocycles. The minimum atomic E-state index is -1.90. The topological polar surface area (TPSA) is 84.9 Å². The number of carbonyl (C=O) groups is 2. The Hall–Kier alpha value is -3.42. The maximum absolute atomic E-state index is 12.3. The third kappa shape index (κ3) is 10.4. The summed E-state index contributed by atoms with van der Waals surface area (Å²) in [6.45, 7) is 32.8. The summed E-state index contributed by atoms with van der Waals surface area (Å²) in [4.78, 5) is 24.4. The minimum absolute atomic E-state index is 0.0644. The van der Waals surface area contributed by atoms with E-state index >= 15 is 0 Å². The predicted octanol–water partition coefficient (Wildman–Crippen LogP) is 12.1. The summed E-state index contributed by atoms with van der Waals surface area (Å²) in [7, 11) is -1.90. The van der Waals surface area contributed by atoms with Gasteiger partial charge in [-0.1, -0.05) is 116 Å². The van der Waals surface area contributed by atoms with Crippen LogP contribution in [0.3, 0.4) is 0 Å². The van der Waals surface area contributed by atoms with Crippen molar-refractivity contribution in [2.45, 2.75) is 157 Å². The largest absolute Gasteiger partial charge is 0.479 e. The number of alkyl carbamates (subject to hydrolysis) is 1. The van der Waals surface area contributed by atoms with Crippen molar-refractivity contribution in [1.82, 2.24) is 5.32 Å². The van der Waals surface area contributed by atoms with Crippen molar-refractivity contribution in [2.24, 2.45) is 5.41 Å². The number of rotatable bonds is 13. The van der Waals surface area contributed by atoms with Crippen LogP contribution in [-0.4, -0.2) is 37.2 Å². The van der Waals surface area contributed by atoms with Crippen molar-refractivity contribution in [2.75, 3.05) is 0 Å². The molecule has 1 unspecified atom stereocenters. The van der Waals surface area contributed by atoms with Crippen LogP contribution in [0.4, 0.5) is 4.79 Å². The Bertz CT molecular complexity index is 1680. The highest BCUT2D eigenvalue weighted by molar-refractivity contribution is 6.74. The molecule has 0 saturated heterocycles. The summed E-state index contributed by atoms with van der Waals surface area (Å²) in [6.07, 6.45) is 3.37. The first-order valence-corrected chi connectivity index (χ1v) is 22.0. The van der Waals surface area contributed by atoms with Gasteiger partial charge in [-0.25, -0.2) is 9.59 Å². The molecular formula is C45H67NO5Si. The number of benzene rings is 3.